The van der Waals surface area contributed by atoms with Gasteiger partial charge in [-0.25, -0.2) is 0 Å². The Hall–Kier alpha value is -1.51. The Morgan fingerprint density at radius 1 is 1.30 bits per heavy atom. The number of rotatable bonds is 5. The molecule has 3 nitrogen and oxygen atoms in total. The maximum Gasteiger partial charge on any atom is 0.309 e. The average Bonchev–Trinajstić information content (AvgIpc) is 2.48. The highest BCUT2D eigenvalue weighted by molar-refractivity contribution is 5.75. The van der Waals surface area contributed by atoms with Crippen molar-refractivity contribution < 1.29 is 14.6 Å². The number of carboxylic acid groups (broad SMARTS) is 1. The number of para-hydroxylation sites is 1. The van der Waals surface area contributed by atoms with Gasteiger partial charge in [-0.05, 0) is 43.7 Å². The van der Waals surface area contributed by atoms with E-state index in [4.69, 9.17) is 4.74 Å². The van der Waals surface area contributed by atoms with Gasteiger partial charge in [-0.3, -0.25) is 4.79 Å². The van der Waals surface area contributed by atoms with E-state index in [0.29, 0.717) is 6.42 Å². The fraction of sp³-hybridized carbons (Fsp3) is 0.588. The summed E-state index contributed by atoms with van der Waals surface area (Å²) in [4.78, 5) is 11.9. The largest absolute Gasteiger partial charge is 0.496 e. The van der Waals surface area contributed by atoms with Crippen molar-refractivity contribution in [1.29, 1.82) is 0 Å². The normalized spacial score (nSPS) is 19.3. The summed E-state index contributed by atoms with van der Waals surface area (Å²) in [7, 11) is 1.64. The lowest BCUT2D eigenvalue weighted by molar-refractivity contribution is -0.152. The molecule has 0 amide bonds. The Morgan fingerprint density at radius 2 is 1.95 bits per heavy atom. The van der Waals surface area contributed by atoms with Crippen molar-refractivity contribution in [2.45, 2.75) is 45.4 Å². The second kappa shape index (κ2) is 6.29. The van der Waals surface area contributed by atoms with Crippen molar-refractivity contribution in [2.75, 3.05) is 7.11 Å². The standard InChI is InChI=1S/C17H24O3/c1-17(16(18)19,14-9-4-3-5-10-14)12-13-8-6-7-11-15(13)20-2/h6-8,11,14H,3-5,9-10,12H2,1-2H3,(H,18,19). The molecule has 1 saturated carbocycles. The van der Waals surface area contributed by atoms with E-state index >= 15 is 0 Å². The smallest absolute Gasteiger partial charge is 0.309 e. The topological polar surface area (TPSA) is 46.5 Å². The van der Waals surface area contributed by atoms with Crippen LogP contribution in [0.4, 0.5) is 0 Å². The molecule has 0 aromatic heterocycles. The number of hydrogen-bond donors (Lipinski definition) is 1. The molecule has 2 rings (SSSR count). The van der Waals surface area contributed by atoms with E-state index in [2.05, 4.69) is 0 Å². The highest BCUT2D eigenvalue weighted by Gasteiger charge is 2.42. The van der Waals surface area contributed by atoms with E-state index in [9.17, 15) is 9.90 Å². The van der Waals surface area contributed by atoms with Gasteiger partial charge in [-0.1, -0.05) is 37.5 Å². The summed E-state index contributed by atoms with van der Waals surface area (Å²) in [6.07, 6.45) is 6.13. The predicted molar refractivity (Wildman–Crippen MR) is 79.0 cm³/mol. The molecule has 1 N–H and O–H groups in total. The van der Waals surface area contributed by atoms with Crippen molar-refractivity contribution in [1.82, 2.24) is 0 Å². The van der Waals surface area contributed by atoms with Gasteiger partial charge < -0.3 is 9.84 Å². The van der Waals surface area contributed by atoms with E-state index in [1.165, 1.54) is 6.42 Å². The fourth-order valence-corrected chi connectivity index (χ4v) is 3.38. The summed E-state index contributed by atoms with van der Waals surface area (Å²) in [5.41, 5.74) is 0.292. The van der Waals surface area contributed by atoms with Gasteiger partial charge in [0.25, 0.3) is 0 Å². The number of benzene rings is 1. The number of carboxylic acids is 1. The predicted octanol–water partition coefficient (Wildman–Crippen LogP) is 3.91. The molecule has 1 aromatic rings. The molecule has 1 atom stereocenters. The van der Waals surface area contributed by atoms with E-state index in [-0.39, 0.29) is 5.92 Å². The Bertz CT molecular complexity index is 463. The first kappa shape index (κ1) is 14.9. The highest BCUT2D eigenvalue weighted by atomic mass is 16.5. The van der Waals surface area contributed by atoms with Crippen molar-refractivity contribution in [3.05, 3.63) is 29.8 Å². The van der Waals surface area contributed by atoms with Gasteiger partial charge in [0, 0.05) is 0 Å². The number of methoxy groups -OCH3 is 1. The minimum absolute atomic E-state index is 0.263. The zero-order valence-electron chi connectivity index (χ0n) is 12.4. The zero-order valence-corrected chi connectivity index (χ0v) is 12.4. The molecule has 1 aliphatic carbocycles. The second-order valence-electron chi connectivity index (χ2n) is 6.05. The number of carbonyl (C=O) groups is 1. The van der Waals surface area contributed by atoms with E-state index in [1.54, 1.807) is 7.11 Å². The van der Waals surface area contributed by atoms with Gasteiger partial charge in [0.05, 0.1) is 12.5 Å². The van der Waals surface area contributed by atoms with Crippen LogP contribution in [0.2, 0.25) is 0 Å². The van der Waals surface area contributed by atoms with Gasteiger partial charge in [0.2, 0.25) is 0 Å². The summed E-state index contributed by atoms with van der Waals surface area (Å²) in [6.45, 7) is 1.90. The third kappa shape index (κ3) is 2.97. The third-order valence-corrected chi connectivity index (χ3v) is 4.74. The first-order valence-corrected chi connectivity index (χ1v) is 7.43. The Morgan fingerprint density at radius 3 is 2.55 bits per heavy atom. The number of hydrogen-bond acceptors (Lipinski definition) is 2. The first-order chi connectivity index (χ1) is 9.58. The molecular weight excluding hydrogens is 252 g/mol. The molecule has 0 radical (unpaired) electrons. The SMILES string of the molecule is COc1ccccc1CC(C)(C(=O)O)C1CCCCC1. The summed E-state index contributed by atoms with van der Waals surface area (Å²) in [5, 5.41) is 9.77. The minimum Gasteiger partial charge on any atom is -0.496 e. The summed E-state index contributed by atoms with van der Waals surface area (Å²) < 4.78 is 5.37. The van der Waals surface area contributed by atoms with Crippen molar-refractivity contribution in [2.24, 2.45) is 11.3 Å². The van der Waals surface area contributed by atoms with E-state index in [1.807, 2.05) is 31.2 Å². The maximum absolute atomic E-state index is 11.9. The number of ether oxygens (including phenoxy) is 1. The van der Waals surface area contributed by atoms with Crippen LogP contribution in [-0.4, -0.2) is 18.2 Å². The molecule has 1 fully saturated rings. The lowest BCUT2D eigenvalue weighted by atomic mass is 9.67. The Labute approximate surface area is 121 Å². The van der Waals surface area contributed by atoms with Crippen LogP contribution < -0.4 is 4.74 Å². The molecule has 1 aromatic carbocycles. The molecule has 0 spiro atoms. The van der Waals surface area contributed by atoms with Crippen LogP contribution in [0.1, 0.15) is 44.6 Å². The monoisotopic (exact) mass is 276 g/mol. The quantitative estimate of drug-likeness (QED) is 0.887. The zero-order chi connectivity index (χ0) is 14.6. The summed E-state index contributed by atoms with van der Waals surface area (Å²) in [6, 6.07) is 7.74. The number of aliphatic carboxylic acids is 1. The fourth-order valence-electron chi connectivity index (χ4n) is 3.38. The van der Waals surface area contributed by atoms with Crippen LogP contribution in [0.15, 0.2) is 24.3 Å². The van der Waals surface area contributed by atoms with Gasteiger partial charge >= 0.3 is 5.97 Å². The molecule has 0 saturated heterocycles. The Balaban J connectivity index is 2.26. The molecule has 20 heavy (non-hydrogen) atoms. The van der Waals surface area contributed by atoms with Crippen LogP contribution in [0, 0.1) is 11.3 Å². The van der Waals surface area contributed by atoms with Gasteiger partial charge in [0.1, 0.15) is 5.75 Å². The molecular formula is C17H24O3. The van der Waals surface area contributed by atoms with Crippen LogP contribution in [0.5, 0.6) is 5.75 Å². The van der Waals surface area contributed by atoms with E-state index < -0.39 is 11.4 Å². The van der Waals surface area contributed by atoms with Crippen LogP contribution in [0.3, 0.4) is 0 Å². The molecule has 0 aliphatic heterocycles. The minimum atomic E-state index is -0.699. The second-order valence-corrected chi connectivity index (χ2v) is 6.05. The van der Waals surface area contributed by atoms with Crippen molar-refractivity contribution >= 4 is 5.97 Å². The summed E-state index contributed by atoms with van der Waals surface area (Å²) in [5.74, 6) is 0.366. The molecule has 110 valence electrons. The third-order valence-electron chi connectivity index (χ3n) is 4.74. The molecule has 1 unspecified atom stereocenters. The maximum atomic E-state index is 11.9. The van der Waals surface area contributed by atoms with E-state index in [0.717, 1.165) is 37.0 Å². The first-order valence-electron chi connectivity index (χ1n) is 7.43. The van der Waals surface area contributed by atoms with Gasteiger partial charge in [-0.2, -0.15) is 0 Å². The van der Waals surface area contributed by atoms with Gasteiger partial charge in [-0.15, -0.1) is 0 Å². The van der Waals surface area contributed by atoms with Crippen LogP contribution >= 0.6 is 0 Å². The molecule has 3 heteroatoms. The van der Waals surface area contributed by atoms with Crippen LogP contribution in [-0.2, 0) is 11.2 Å². The molecule has 0 heterocycles. The molecule has 1 aliphatic rings. The lowest BCUT2D eigenvalue weighted by Crippen LogP contribution is -2.39. The average molecular weight is 276 g/mol. The van der Waals surface area contributed by atoms with Crippen LogP contribution in [0.25, 0.3) is 0 Å². The summed E-state index contributed by atoms with van der Waals surface area (Å²) >= 11 is 0. The lowest BCUT2D eigenvalue weighted by Gasteiger charge is -2.37. The van der Waals surface area contributed by atoms with Gasteiger partial charge in [0.15, 0.2) is 0 Å². The Kier molecular flexibility index (Phi) is 4.69. The van der Waals surface area contributed by atoms with Crippen molar-refractivity contribution in [3.63, 3.8) is 0 Å². The molecule has 0 bridgehead atoms. The van der Waals surface area contributed by atoms with Crippen molar-refractivity contribution in [3.8, 4) is 5.75 Å². The highest BCUT2D eigenvalue weighted by Crippen LogP contribution is 2.42.